The zero-order valence-electron chi connectivity index (χ0n) is 20.5. The molecule has 0 aliphatic heterocycles. The second kappa shape index (κ2) is 10.3. The van der Waals surface area contributed by atoms with Crippen molar-refractivity contribution in [2.45, 2.75) is 13.0 Å². The SMILES string of the molecule is COc1ccc(-c2oc3ccccc3c(=O)c2OC(C)C(=O)Nc2c(C#N)cnn2-c2ccccc2)cc1. The van der Waals surface area contributed by atoms with Crippen molar-refractivity contribution in [1.29, 1.82) is 5.26 Å². The number of methoxy groups -OCH3 is 1. The molecule has 0 aliphatic carbocycles. The molecule has 188 valence electrons. The summed E-state index contributed by atoms with van der Waals surface area (Å²) in [5.41, 5.74) is 1.39. The number of nitriles is 1. The van der Waals surface area contributed by atoms with E-state index in [1.807, 2.05) is 24.3 Å². The van der Waals surface area contributed by atoms with Gasteiger partial charge in [0, 0.05) is 5.56 Å². The molecule has 0 aliphatic rings. The average molecular weight is 507 g/mol. The number of anilines is 1. The van der Waals surface area contributed by atoms with Gasteiger partial charge in [-0.3, -0.25) is 9.59 Å². The number of nitrogens with one attached hydrogen (secondary N) is 1. The average Bonchev–Trinajstić information content (AvgIpc) is 3.37. The van der Waals surface area contributed by atoms with Gasteiger partial charge in [0.05, 0.1) is 24.4 Å². The lowest BCUT2D eigenvalue weighted by atomic mass is 10.1. The molecule has 9 heteroatoms. The number of nitrogens with zero attached hydrogens (tertiary/aromatic N) is 3. The van der Waals surface area contributed by atoms with Crippen LogP contribution < -0.4 is 20.2 Å². The first kappa shape index (κ1) is 24.3. The van der Waals surface area contributed by atoms with Gasteiger partial charge in [-0.25, -0.2) is 4.68 Å². The molecule has 1 unspecified atom stereocenters. The van der Waals surface area contributed by atoms with Gasteiger partial charge >= 0.3 is 0 Å². The first-order valence-electron chi connectivity index (χ1n) is 11.7. The number of ether oxygens (including phenoxy) is 2. The number of carbonyl (C=O) groups is 1. The van der Waals surface area contributed by atoms with E-state index in [1.54, 1.807) is 67.8 Å². The van der Waals surface area contributed by atoms with E-state index in [9.17, 15) is 14.9 Å². The number of amides is 1. The lowest BCUT2D eigenvalue weighted by Gasteiger charge is -2.17. The van der Waals surface area contributed by atoms with Crippen LogP contribution in [0.25, 0.3) is 28.0 Å². The van der Waals surface area contributed by atoms with Crippen molar-refractivity contribution in [2.75, 3.05) is 12.4 Å². The fourth-order valence-corrected chi connectivity index (χ4v) is 3.93. The Morgan fingerprint density at radius 3 is 2.47 bits per heavy atom. The first-order chi connectivity index (χ1) is 18.5. The van der Waals surface area contributed by atoms with Crippen LogP contribution >= 0.6 is 0 Å². The molecule has 0 fully saturated rings. The highest BCUT2D eigenvalue weighted by molar-refractivity contribution is 5.95. The minimum absolute atomic E-state index is 0.103. The topological polar surface area (TPSA) is 119 Å². The largest absolute Gasteiger partial charge is 0.497 e. The van der Waals surface area contributed by atoms with Gasteiger partial charge in [-0.05, 0) is 55.5 Å². The molecule has 1 amide bonds. The third-order valence-corrected chi connectivity index (χ3v) is 5.90. The lowest BCUT2D eigenvalue weighted by molar-refractivity contribution is -0.122. The monoisotopic (exact) mass is 506 g/mol. The molecule has 38 heavy (non-hydrogen) atoms. The Kier molecular flexibility index (Phi) is 6.61. The summed E-state index contributed by atoms with van der Waals surface area (Å²) < 4.78 is 18.7. The van der Waals surface area contributed by atoms with Crippen LogP contribution in [0.3, 0.4) is 0 Å². The summed E-state index contributed by atoms with van der Waals surface area (Å²) in [5.74, 6) is 0.333. The van der Waals surface area contributed by atoms with Crippen molar-refractivity contribution in [3.8, 4) is 34.6 Å². The molecule has 1 N–H and O–H groups in total. The zero-order valence-corrected chi connectivity index (χ0v) is 20.5. The molecule has 5 aromatic rings. The molecule has 0 saturated carbocycles. The maximum Gasteiger partial charge on any atom is 0.266 e. The fourth-order valence-electron chi connectivity index (χ4n) is 3.93. The number of hydrogen-bond donors (Lipinski definition) is 1. The molecular weight excluding hydrogens is 484 g/mol. The highest BCUT2D eigenvalue weighted by atomic mass is 16.5. The van der Waals surface area contributed by atoms with Crippen LogP contribution in [0.1, 0.15) is 12.5 Å². The summed E-state index contributed by atoms with van der Waals surface area (Å²) >= 11 is 0. The molecule has 2 aromatic heterocycles. The number of para-hydroxylation sites is 2. The molecule has 3 aromatic carbocycles. The second-order valence-electron chi connectivity index (χ2n) is 8.33. The standard InChI is InChI=1S/C29H22N4O5/c1-18(29(35)32-28-20(16-30)17-31-33(28)21-8-4-3-5-9-21)37-27-25(34)23-10-6-7-11-24(23)38-26(27)19-12-14-22(36-2)15-13-19/h3-15,17-18H,1-2H3,(H,32,35). The molecule has 0 radical (unpaired) electrons. The van der Waals surface area contributed by atoms with Gasteiger partial charge in [0.25, 0.3) is 5.91 Å². The van der Waals surface area contributed by atoms with Crippen LogP contribution in [0.4, 0.5) is 5.82 Å². The smallest absolute Gasteiger partial charge is 0.266 e. The molecule has 0 bridgehead atoms. The summed E-state index contributed by atoms with van der Waals surface area (Å²) in [4.78, 5) is 26.7. The molecular formula is C29H22N4O5. The minimum Gasteiger partial charge on any atom is -0.497 e. The van der Waals surface area contributed by atoms with Gasteiger partial charge in [0.2, 0.25) is 11.2 Å². The van der Waals surface area contributed by atoms with Crippen molar-refractivity contribution < 1.29 is 18.7 Å². The summed E-state index contributed by atoms with van der Waals surface area (Å²) in [6.07, 6.45) is 0.246. The second-order valence-corrected chi connectivity index (χ2v) is 8.33. The van der Waals surface area contributed by atoms with Crippen molar-refractivity contribution >= 4 is 22.7 Å². The van der Waals surface area contributed by atoms with E-state index in [4.69, 9.17) is 13.9 Å². The van der Waals surface area contributed by atoms with Gasteiger partial charge in [-0.15, -0.1) is 0 Å². The maximum absolute atomic E-state index is 13.5. The van der Waals surface area contributed by atoms with Crippen LogP contribution in [0, 0.1) is 11.3 Å². The van der Waals surface area contributed by atoms with E-state index >= 15 is 0 Å². The van der Waals surface area contributed by atoms with Crippen LogP contribution in [0.2, 0.25) is 0 Å². The molecule has 2 heterocycles. The van der Waals surface area contributed by atoms with Crippen LogP contribution in [0.5, 0.6) is 11.5 Å². The summed E-state index contributed by atoms with van der Waals surface area (Å²) in [5, 5.41) is 16.8. The predicted octanol–water partition coefficient (Wildman–Crippen LogP) is 4.93. The Morgan fingerprint density at radius 2 is 1.76 bits per heavy atom. The zero-order chi connectivity index (χ0) is 26.6. The quantitative estimate of drug-likeness (QED) is 0.332. The fraction of sp³-hybridized carbons (Fsp3) is 0.103. The number of fused-ring (bicyclic) bond motifs is 1. The minimum atomic E-state index is -1.12. The Bertz CT molecular complexity index is 1720. The van der Waals surface area contributed by atoms with E-state index in [0.717, 1.165) is 0 Å². The van der Waals surface area contributed by atoms with Crippen molar-refractivity contribution in [1.82, 2.24) is 9.78 Å². The summed E-state index contributed by atoms with van der Waals surface area (Å²) in [7, 11) is 1.56. The Hall–Kier alpha value is -5.36. The van der Waals surface area contributed by atoms with Crippen LogP contribution in [-0.4, -0.2) is 28.9 Å². The third kappa shape index (κ3) is 4.58. The maximum atomic E-state index is 13.5. The van der Waals surface area contributed by atoms with Gasteiger partial charge in [0.15, 0.2) is 17.7 Å². The Labute approximate surface area is 217 Å². The summed E-state index contributed by atoms with van der Waals surface area (Å²) in [6.45, 7) is 1.51. The van der Waals surface area contributed by atoms with Crippen molar-refractivity contribution in [3.63, 3.8) is 0 Å². The van der Waals surface area contributed by atoms with Crippen LogP contribution in [-0.2, 0) is 4.79 Å². The number of rotatable bonds is 7. The van der Waals surface area contributed by atoms with Gasteiger partial charge in [-0.2, -0.15) is 10.4 Å². The van der Waals surface area contributed by atoms with Crippen molar-refractivity contribution in [2.24, 2.45) is 0 Å². The highest BCUT2D eigenvalue weighted by Crippen LogP contribution is 2.32. The van der Waals surface area contributed by atoms with E-state index in [0.29, 0.717) is 28.0 Å². The number of carbonyl (C=O) groups excluding carboxylic acids is 1. The highest BCUT2D eigenvalue weighted by Gasteiger charge is 2.25. The van der Waals surface area contributed by atoms with Gasteiger partial charge < -0.3 is 19.2 Å². The first-order valence-corrected chi connectivity index (χ1v) is 11.7. The van der Waals surface area contributed by atoms with E-state index in [1.165, 1.54) is 17.8 Å². The molecule has 9 nitrogen and oxygen atoms in total. The normalized spacial score (nSPS) is 11.5. The Morgan fingerprint density at radius 1 is 1.05 bits per heavy atom. The third-order valence-electron chi connectivity index (χ3n) is 5.90. The van der Waals surface area contributed by atoms with E-state index in [2.05, 4.69) is 10.4 Å². The molecule has 5 rings (SSSR count). The van der Waals surface area contributed by atoms with Gasteiger partial charge in [0.1, 0.15) is 23.0 Å². The lowest BCUT2D eigenvalue weighted by Crippen LogP contribution is -2.32. The number of benzene rings is 3. The molecule has 0 spiro atoms. The number of aromatic nitrogens is 2. The van der Waals surface area contributed by atoms with Crippen LogP contribution in [0.15, 0.2) is 94.3 Å². The van der Waals surface area contributed by atoms with Gasteiger partial charge in [-0.1, -0.05) is 30.3 Å². The van der Waals surface area contributed by atoms with E-state index in [-0.39, 0.29) is 22.9 Å². The molecule has 1 atom stereocenters. The predicted molar refractivity (Wildman–Crippen MR) is 141 cm³/mol. The van der Waals surface area contributed by atoms with E-state index < -0.39 is 17.4 Å². The summed E-state index contributed by atoms with van der Waals surface area (Å²) in [6, 6.07) is 24.9. The number of hydrogen-bond acceptors (Lipinski definition) is 7. The Balaban J connectivity index is 1.50. The molecule has 0 saturated heterocycles. The van der Waals surface area contributed by atoms with Crippen molar-refractivity contribution in [3.05, 3.63) is 101 Å².